The van der Waals surface area contributed by atoms with Crippen molar-refractivity contribution in [3.8, 4) is 5.75 Å². The van der Waals surface area contributed by atoms with E-state index in [9.17, 15) is 15.0 Å². The Hall–Kier alpha value is -1.51. The zero-order chi connectivity index (χ0) is 28.6. The number of aliphatic carboxylic acids is 1. The Kier molecular flexibility index (Phi) is 16.3. The van der Waals surface area contributed by atoms with Crippen LogP contribution in [0.25, 0.3) is 0 Å². The Morgan fingerprint density at radius 3 is 1.32 bits per heavy atom. The van der Waals surface area contributed by atoms with Gasteiger partial charge in [0.2, 0.25) is 0 Å². The van der Waals surface area contributed by atoms with Crippen LogP contribution in [-0.2, 0) is 15.6 Å². The van der Waals surface area contributed by atoms with Crippen LogP contribution < -0.4 is 0 Å². The van der Waals surface area contributed by atoms with E-state index in [4.69, 9.17) is 0 Å². The molecule has 0 aliphatic rings. The topological polar surface area (TPSA) is 57.5 Å². The van der Waals surface area contributed by atoms with Crippen molar-refractivity contribution < 1.29 is 15.0 Å². The lowest BCUT2D eigenvalue weighted by Crippen LogP contribution is -2.19. The van der Waals surface area contributed by atoms with E-state index in [2.05, 4.69) is 60.6 Å². The van der Waals surface area contributed by atoms with Gasteiger partial charge < -0.3 is 10.2 Å². The molecule has 0 spiro atoms. The highest BCUT2D eigenvalue weighted by Gasteiger charge is 2.28. The molecule has 0 heterocycles. The molecule has 0 aliphatic carbocycles. The van der Waals surface area contributed by atoms with Crippen LogP contribution in [0.4, 0.5) is 0 Å². The monoisotopic (exact) mass is 530 g/mol. The van der Waals surface area contributed by atoms with Gasteiger partial charge in [0.25, 0.3) is 0 Å². The summed E-state index contributed by atoms with van der Waals surface area (Å²) >= 11 is 0. The molecule has 2 N–H and O–H groups in total. The lowest BCUT2D eigenvalue weighted by atomic mass is 9.76. The van der Waals surface area contributed by atoms with Crippen molar-refractivity contribution in [2.75, 3.05) is 0 Å². The van der Waals surface area contributed by atoms with Crippen LogP contribution in [0.15, 0.2) is 12.1 Å². The molecule has 1 aromatic carbocycles. The van der Waals surface area contributed by atoms with Gasteiger partial charge in [0.1, 0.15) is 5.75 Å². The summed E-state index contributed by atoms with van der Waals surface area (Å²) in [4.78, 5) is 11.7. The molecule has 3 heteroatoms. The van der Waals surface area contributed by atoms with E-state index in [-0.39, 0.29) is 23.2 Å². The number of carbonyl (C=O) groups is 1. The summed E-state index contributed by atoms with van der Waals surface area (Å²) < 4.78 is 0. The van der Waals surface area contributed by atoms with Crippen LogP contribution in [0.5, 0.6) is 5.75 Å². The summed E-state index contributed by atoms with van der Waals surface area (Å²) in [6, 6.07) is 4.15. The largest absolute Gasteiger partial charge is 0.507 e. The molecule has 3 nitrogen and oxygen atoms in total. The summed E-state index contributed by atoms with van der Waals surface area (Å²) in [6.45, 7) is 14.9. The van der Waals surface area contributed by atoms with E-state index in [1.807, 2.05) is 0 Å². The van der Waals surface area contributed by atoms with Gasteiger partial charge in [0.15, 0.2) is 0 Å². The number of hydrogen-bond donors (Lipinski definition) is 2. The molecular formula is C35H62O3. The third-order valence-electron chi connectivity index (χ3n) is 8.05. The zero-order valence-corrected chi connectivity index (χ0v) is 26.3. The fourth-order valence-electron chi connectivity index (χ4n) is 5.57. The average Bonchev–Trinajstić information content (AvgIpc) is 2.81. The Morgan fingerprint density at radius 1 is 0.658 bits per heavy atom. The van der Waals surface area contributed by atoms with Crippen LogP contribution in [-0.4, -0.2) is 16.2 Å². The minimum absolute atomic E-state index is 0.0121. The number of phenolic OH excluding ortho intramolecular Hbond substituents is 1. The number of carboxylic acids is 1. The maximum Gasteiger partial charge on any atom is 0.303 e. The van der Waals surface area contributed by atoms with Crippen molar-refractivity contribution in [3.63, 3.8) is 0 Å². The summed E-state index contributed by atoms with van der Waals surface area (Å²) in [6.07, 6.45) is 22.5. The standard InChI is InChI=1S/C35H62O3/c1-8-9-10-11-12-13-14-15-16-17-18-19-20-21-22-23-24-28(27-32(36)37)29-25-30(34(2,3)4)33(38)31(26-29)35(5,6)7/h25-26,28,38H,8-24,27H2,1-7H3,(H,36,37)/t28-/m1/s1. The Morgan fingerprint density at radius 2 is 1.00 bits per heavy atom. The third kappa shape index (κ3) is 14.0. The number of aromatic hydroxyl groups is 1. The predicted octanol–water partition coefficient (Wildman–Crippen LogP) is 11.2. The first-order valence-electron chi connectivity index (χ1n) is 16.0. The van der Waals surface area contributed by atoms with Crippen molar-refractivity contribution in [1.82, 2.24) is 0 Å². The molecule has 0 saturated carbocycles. The second kappa shape index (κ2) is 18.0. The molecule has 0 bridgehead atoms. The quantitative estimate of drug-likeness (QED) is 0.165. The number of rotatable bonds is 20. The maximum absolute atomic E-state index is 11.7. The van der Waals surface area contributed by atoms with Gasteiger partial charge in [-0.2, -0.15) is 0 Å². The van der Waals surface area contributed by atoms with Gasteiger partial charge in [0.05, 0.1) is 6.42 Å². The van der Waals surface area contributed by atoms with Gasteiger partial charge in [-0.25, -0.2) is 0 Å². The second-order valence-corrected chi connectivity index (χ2v) is 13.9. The van der Waals surface area contributed by atoms with Crippen LogP contribution in [0.2, 0.25) is 0 Å². The van der Waals surface area contributed by atoms with E-state index in [0.717, 1.165) is 29.5 Å². The van der Waals surface area contributed by atoms with Crippen LogP contribution in [0, 0.1) is 0 Å². The van der Waals surface area contributed by atoms with Gasteiger partial charge >= 0.3 is 5.97 Å². The minimum atomic E-state index is -0.741. The lowest BCUT2D eigenvalue weighted by Gasteiger charge is -2.30. The highest BCUT2D eigenvalue weighted by molar-refractivity contribution is 5.68. The average molecular weight is 531 g/mol. The fraction of sp³-hybridized carbons (Fsp3) is 0.800. The number of hydrogen-bond acceptors (Lipinski definition) is 2. The fourth-order valence-corrected chi connectivity index (χ4v) is 5.57. The minimum Gasteiger partial charge on any atom is -0.507 e. The Labute approximate surface area is 236 Å². The first kappa shape index (κ1) is 34.5. The Bertz CT molecular complexity index is 746. The van der Waals surface area contributed by atoms with E-state index in [1.54, 1.807) is 0 Å². The van der Waals surface area contributed by atoms with E-state index in [1.165, 1.54) is 96.3 Å². The zero-order valence-electron chi connectivity index (χ0n) is 26.3. The summed E-state index contributed by atoms with van der Waals surface area (Å²) in [5, 5.41) is 20.7. The summed E-state index contributed by atoms with van der Waals surface area (Å²) in [7, 11) is 0. The number of phenols is 1. The molecule has 0 radical (unpaired) electrons. The highest BCUT2D eigenvalue weighted by atomic mass is 16.4. The number of benzene rings is 1. The number of unbranched alkanes of at least 4 members (excludes halogenated alkanes) is 15. The number of carboxylic acid groups (broad SMARTS) is 1. The second-order valence-electron chi connectivity index (χ2n) is 13.9. The van der Waals surface area contributed by atoms with Crippen molar-refractivity contribution in [2.45, 2.75) is 181 Å². The van der Waals surface area contributed by atoms with Crippen molar-refractivity contribution >= 4 is 5.97 Å². The molecule has 1 rings (SSSR count). The predicted molar refractivity (Wildman–Crippen MR) is 165 cm³/mol. The molecule has 38 heavy (non-hydrogen) atoms. The molecule has 0 aromatic heterocycles. The molecule has 0 aliphatic heterocycles. The Balaban J connectivity index is 2.45. The van der Waals surface area contributed by atoms with Gasteiger partial charge in [-0.1, -0.05) is 163 Å². The van der Waals surface area contributed by atoms with Crippen molar-refractivity contribution in [1.29, 1.82) is 0 Å². The molecular weight excluding hydrogens is 468 g/mol. The van der Waals surface area contributed by atoms with Gasteiger partial charge in [0, 0.05) is 0 Å². The van der Waals surface area contributed by atoms with Gasteiger partial charge in [-0.15, -0.1) is 0 Å². The van der Waals surface area contributed by atoms with Gasteiger partial charge in [-0.3, -0.25) is 4.79 Å². The molecule has 0 saturated heterocycles. The molecule has 1 aromatic rings. The van der Waals surface area contributed by atoms with E-state index < -0.39 is 5.97 Å². The van der Waals surface area contributed by atoms with Gasteiger partial charge in [-0.05, 0) is 39.9 Å². The maximum atomic E-state index is 11.7. The van der Waals surface area contributed by atoms with Crippen molar-refractivity contribution in [2.24, 2.45) is 0 Å². The van der Waals surface area contributed by atoms with Crippen LogP contribution in [0.1, 0.15) is 187 Å². The summed E-state index contributed by atoms with van der Waals surface area (Å²) in [5.74, 6) is -0.388. The first-order chi connectivity index (χ1) is 17.9. The van der Waals surface area contributed by atoms with Crippen molar-refractivity contribution in [3.05, 3.63) is 28.8 Å². The first-order valence-corrected chi connectivity index (χ1v) is 16.0. The molecule has 220 valence electrons. The van der Waals surface area contributed by atoms with E-state index >= 15 is 0 Å². The summed E-state index contributed by atoms with van der Waals surface area (Å²) in [5.41, 5.74) is 2.50. The van der Waals surface area contributed by atoms with Crippen LogP contribution in [0.3, 0.4) is 0 Å². The molecule has 0 unspecified atom stereocenters. The molecule has 1 atom stereocenters. The SMILES string of the molecule is CCCCCCCCCCCCCCCCCC[C@H](CC(=O)O)c1cc(C(C)(C)C)c(O)c(C(C)(C)C)c1. The third-order valence-corrected chi connectivity index (χ3v) is 8.05. The smallest absolute Gasteiger partial charge is 0.303 e. The molecule has 0 amide bonds. The highest BCUT2D eigenvalue weighted by Crippen LogP contribution is 2.42. The lowest BCUT2D eigenvalue weighted by molar-refractivity contribution is -0.137. The van der Waals surface area contributed by atoms with E-state index in [0.29, 0.717) is 5.75 Å². The normalized spacial score (nSPS) is 13.1. The van der Waals surface area contributed by atoms with Crippen LogP contribution >= 0.6 is 0 Å². The molecule has 0 fully saturated rings.